The maximum atomic E-state index is 12.9. The maximum absolute atomic E-state index is 12.9. The summed E-state index contributed by atoms with van der Waals surface area (Å²) in [7, 11) is 1.42. The molecule has 5 rings (SSSR count). The predicted octanol–water partition coefficient (Wildman–Crippen LogP) is 3.41. The summed E-state index contributed by atoms with van der Waals surface area (Å²) in [5, 5.41) is 7.15. The Hall–Kier alpha value is -4.59. The van der Waals surface area contributed by atoms with Gasteiger partial charge in [-0.05, 0) is 30.3 Å². The average Bonchev–Trinajstić information content (AvgIpc) is 3.37. The Kier molecular flexibility index (Phi) is 4.59. The van der Waals surface area contributed by atoms with Gasteiger partial charge < -0.3 is 5.32 Å². The Morgan fingerprint density at radius 1 is 0.844 bits per heavy atom. The van der Waals surface area contributed by atoms with E-state index >= 15 is 0 Å². The third kappa shape index (κ3) is 3.24. The van der Waals surface area contributed by atoms with E-state index in [-0.39, 0.29) is 17.3 Å². The first-order valence-corrected chi connectivity index (χ1v) is 9.88. The zero-order chi connectivity index (χ0) is 22.2. The Bertz CT molecular complexity index is 1310. The highest BCUT2D eigenvalue weighted by Crippen LogP contribution is 2.25. The lowest BCUT2D eigenvalue weighted by atomic mass is 10.1. The Morgan fingerprint density at radius 3 is 2.22 bits per heavy atom. The number of fused-ring (bicyclic) bond motifs is 1. The van der Waals surface area contributed by atoms with E-state index in [0.29, 0.717) is 17.1 Å². The number of hydrogen-bond acceptors (Lipinski definition) is 5. The highest BCUT2D eigenvalue weighted by atomic mass is 16.2. The number of hydrogen-bond donors (Lipinski definition) is 1. The number of amides is 3. The second kappa shape index (κ2) is 7.59. The molecule has 3 aromatic carbocycles. The van der Waals surface area contributed by atoms with Crippen LogP contribution in [0.5, 0.6) is 0 Å². The van der Waals surface area contributed by atoms with Crippen molar-refractivity contribution in [3.05, 3.63) is 95.8 Å². The zero-order valence-electron chi connectivity index (χ0n) is 17.0. The van der Waals surface area contributed by atoms with E-state index < -0.39 is 11.8 Å². The fraction of sp³-hybridized carbons (Fsp3) is 0.0417. The fourth-order valence-corrected chi connectivity index (χ4v) is 3.56. The van der Waals surface area contributed by atoms with Crippen molar-refractivity contribution in [1.29, 1.82) is 0 Å². The van der Waals surface area contributed by atoms with Gasteiger partial charge in [-0.3, -0.25) is 19.3 Å². The highest BCUT2D eigenvalue weighted by Gasteiger charge is 2.33. The predicted molar refractivity (Wildman–Crippen MR) is 118 cm³/mol. The molecule has 0 bridgehead atoms. The zero-order valence-corrected chi connectivity index (χ0v) is 17.0. The molecular formula is C24H17N5O3. The van der Waals surface area contributed by atoms with E-state index in [0.717, 1.165) is 16.2 Å². The quantitative estimate of drug-likeness (QED) is 0.508. The molecular weight excluding hydrogens is 406 g/mol. The third-order valence-corrected chi connectivity index (χ3v) is 5.19. The SMILES string of the molecule is CN1C(=O)c2ccc(NC(=O)c3nc(-c4ccccc4)n(-c4ccccc4)n3)cc2C1=O. The fourth-order valence-electron chi connectivity index (χ4n) is 3.56. The van der Waals surface area contributed by atoms with Crippen LogP contribution in [0.25, 0.3) is 17.1 Å². The van der Waals surface area contributed by atoms with Gasteiger partial charge in [-0.1, -0.05) is 48.5 Å². The van der Waals surface area contributed by atoms with Gasteiger partial charge in [0.1, 0.15) is 0 Å². The number of para-hydroxylation sites is 1. The van der Waals surface area contributed by atoms with Crippen LogP contribution in [0.3, 0.4) is 0 Å². The Morgan fingerprint density at radius 2 is 1.50 bits per heavy atom. The van der Waals surface area contributed by atoms with Crippen molar-refractivity contribution in [3.8, 4) is 17.1 Å². The second-order valence-electron chi connectivity index (χ2n) is 7.26. The van der Waals surface area contributed by atoms with Gasteiger partial charge in [0.15, 0.2) is 5.82 Å². The van der Waals surface area contributed by atoms with Crippen LogP contribution in [0, 0.1) is 0 Å². The van der Waals surface area contributed by atoms with Crippen LogP contribution in [0.15, 0.2) is 78.9 Å². The van der Waals surface area contributed by atoms with Crippen LogP contribution >= 0.6 is 0 Å². The summed E-state index contributed by atoms with van der Waals surface area (Å²) in [4.78, 5) is 42.8. The summed E-state index contributed by atoms with van der Waals surface area (Å²) in [5.41, 5.74) is 2.52. The van der Waals surface area contributed by atoms with Crippen LogP contribution in [-0.2, 0) is 0 Å². The summed E-state index contributed by atoms with van der Waals surface area (Å²) in [5.74, 6) is -0.787. The molecule has 3 amide bonds. The molecule has 2 heterocycles. The highest BCUT2D eigenvalue weighted by molar-refractivity contribution is 6.21. The van der Waals surface area contributed by atoms with Gasteiger partial charge in [-0.25, -0.2) is 9.67 Å². The third-order valence-electron chi connectivity index (χ3n) is 5.19. The number of carbonyl (C=O) groups is 3. The van der Waals surface area contributed by atoms with Gasteiger partial charge in [-0.15, -0.1) is 5.10 Å². The first kappa shape index (κ1) is 19.4. The molecule has 0 spiro atoms. The Balaban J connectivity index is 1.49. The van der Waals surface area contributed by atoms with Crippen molar-refractivity contribution in [2.75, 3.05) is 12.4 Å². The van der Waals surface area contributed by atoms with E-state index in [2.05, 4.69) is 15.4 Å². The van der Waals surface area contributed by atoms with Gasteiger partial charge >= 0.3 is 0 Å². The first-order chi connectivity index (χ1) is 15.5. The number of rotatable bonds is 4. The lowest BCUT2D eigenvalue weighted by Gasteiger charge is -2.05. The van der Waals surface area contributed by atoms with E-state index in [1.54, 1.807) is 10.7 Å². The van der Waals surface area contributed by atoms with E-state index in [1.807, 2.05) is 60.7 Å². The minimum Gasteiger partial charge on any atom is -0.319 e. The molecule has 0 unspecified atom stereocenters. The van der Waals surface area contributed by atoms with Gasteiger partial charge in [0, 0.05) is 18.3 Å². The number of benzene rings is 3. The lowest BCUT2D eigenvalue weighted by molar-refractivity contribution is 0.0692. The number of carbonyl (C=O) groups excluding carboxylic acids is 3. The van der Waals surface area contributed by atoms with E-state index in [1.165, 1.54) is 19.2 Å². The van der Waals surface area contributed by atoms with Crippen LogP contribution < -0.4 is 5.32 Å². The number of nitrogens with one attached hydrogen (secondary N) is 1. The molecule has 0 atom stereocenters. The standard InChI is InChI=1S/C24H17N5O3/c1-28-23(31)18-13-12-16(14-19(18)24(28)32)25-22(30)20-26-21(15-8-4-2-5-9-15)29(27-20)17-10-6-3-7-11-17/h2-14H,1H3,(H,25,30). The van der Waals surface area contributed by atoms with E-state index in [9.17, 15) is 14.4 Å². The minimum absolute atomic E-state index is 0.0206. The molecule has 32 heavy (non-hydrogen) atoms. The van der Waals surface area contributed by atoms with Crippen molar-refractivity contribution < 1.29 is 14.4 Å². The minimum atomic E-state index is -0.526. The van der Waals surface area contributed by atoms with Crippen LogP contribution in [0.1, 0.15) is 31.3 Å². The largest absolute Gasteiger partial charge is 0.319 e. The van der Waals surface area contributed by atoms with Crippen molar-refractivity contribution in [3.63, 3.8) is 0 Å². The molecule has 1 aliphatic rings. The van der Waals surface area contributed by atoms with Crippen molar-refractivity contribution in [2.45, 2.75) is 0 Å². The van der Waals surface area contributed by atoms with Crippen molar-refractivity contribution in [2.24, 2.45) is 0 Å². The van der Waals surface area contributed by atoms with Crippen LogP contribution in [0.2, 0.25) is 0 Å². The van der Waals surface area contributed by atoms with Crippen LogP contribution in [0.4, 0.5) is 5.69 Å². The van der Waals surface area contributed by atoms with Crippen LogP contribution in [-0.4, -0.2) is 44.4 Å². The molecule has 0 radical (unpaired) electrons. The van der Waals surface area contributed by atoms with E-state index in [4.69, 9.17) is 0 Å². The molecule has 156 valence electrons. The summed E-state index contributed by atoms with van der Waals surface area (Å²) < 4.78 is 1.62. The summed E-state index contributed by atoms with van der Waals surface area (Å²) in [6.07, 6.45) is 0. The molecule has 1 N–H and O–H groups in total. The molecule has 0 saturated carbocycles. The molecule has 0 saturated heterocycles. The van der Waals surface area contributed by atoms with Gasteiger partial charge in [0.25, 0.3) is 17.7 Å². The number of aromatic nitrogens is 3. The smallest absolute Gasteiger partial charge is 0.295 e. The van der Waals surface area contributed by atoms with Gasteiger partial charge in [0.05, 0.1) is 16.8 Å². The molecule has 8 heteroatoms. The lowest BCUT2D eigenvalue weighted by Crippen LogP contribution is -2.24. The average molecular weight is 423 g/mol. The first-order valence-electron chi connectivity index (χ1n) is 9.88. The topological polar surface area (TPSA) is 97.2 Å². The number of anilines is 1. The molecule has 0 aliphatic carbocycles. The molecule has 1 aliphatic heterocycles. The molecule has 8 nitrogen and oxygen atoms in total. The van der Waals surface area contributed by atoms with Gasteiger partial charge in [-0.2, -0.15) is 0 Å². The van der Waals surface area contributed by atoms with Crippen molar-refractivity contribution in [1.82, 2.24) is 19.7 Å². The summed E-state index contributed by atoms with van der Waals surface area (Å²) in [6.45, 7) is 0. The normalized spacial score (nSPS) is 12.7. The Labute approximate surface area is 183 Å². The monoisotopic (exact) mass is 423 g/mol. The molecule has 4 aromatic rings. The maximum Gasteiger partial charge on any atom is 0.295 e. The van der Waals surface area contributed by atoms with Crippen molar-refractivity contribution >= 4 is 23.4 Å². The summed E-state index contributed by atoms with van der Waals surface area (Å²) in [6, 6.07) is 23.5. The molecule has 1 aromatic heterocycles. The molecule has 0 fully saturated rings. The second-order valence-corrected chi connectivity index (χ2v) is 7.26. The van der Waals surface area contributed by atoms with Gasteiger partial charge in [0.2, 0.25) is 5.82 Å². The summed E-state index contributed by atoms with van der Waals surface area (Å²) >= 11 is 0. The number of nitrogens with zero attached hydrogens (tertiary/aromatic N) is 4. The number of imide groups is 1.